The van der Waals surface area contributed by atoms with Crippen LogP contribution in [0.2, 0.25) is 0 Å². The second-order valence-corrected chi connectivity index (χ2v) is 7.74. The molecule has 0 bridgehead atoms. The number of hydrogen-bond acceptors (Lipinski definition) is 4. The van der Waals surface area contributed by atoms with Crippen LogP contribution in [-0.2, 0) is 4.74 Å². The van der Waals surface area contributed by atoms with Gasteiger partial charge in [0.2, 0.25) is 6.79 Å². The maximum Gasteiger partial charge on any atom is 0.231 e. The normalized spacial score (nSPS) is 25.9. The number of benzene rings is 2. The molecule has 0 N–H and O–H groups in total. The number of aromatic nitrogens is 1. The molecule has 136 valence electrons. The van der Waals surface area contributed by atoms with Gasteiger partial charge in [-0.3, -0.25) is 4.98 Å². The maximum atomic E-state index is 6.69. The van der Waals surface area contributed by atoms with E-state index in [0.717, 1.165) is 34.4 Å². The summed E-state index contributed by atoms with van der Waals surface area (Å²) >= 11 is 0. The van der Waals surface area contributed by atoms with Crippen LogP contribution in [0.4, 0.5) is 0 Å². The van der Waals surface area contributed by atoms with Gasteiger partial charge in [0.25, 0.3) is 0 Å². The molecule has 27 heavy (non-hydrogen) atoms. The third-order valence-electron chi connectivity index (χ3n) is 6.21. The van der Waals surface area contributed by atoms with E-state index in [0.29, 0.717) is 12.7 Å². The van der Waals surface area contributed by atoms with Gasteiger partial charge in [0, 0.05) is 17.5 Å². The number of nitrogens with zero attached hydrogens (tertiary/aromatic N) is 1. The highest BCUT2D eigenvalue weighted by Crippen LogP contribution is 2.50. The molecule has 1 saturated carbocycles. The van der Waals surface area contributed by atoms with Crippen molar-refractivity contribution in [2.24, 2.45) is 0 Å². The van der Waals surface area contributed by atoms with Crippen LogP contribution in [-0.4, -0.2) is 17.9 Å². The van der Waals surface area contributed by atoms with Crippen molar-refractivity contribution in [2.45, 2.75) is 43.8 Å². The zero-order chi connectivity index (χ0) is 17.8. The lowest BCUT2D eigenvalue weighted by Gasteiger charge is -2.41. The summed E-state index contributed by atoms with van der Waals surface area (Å²) in [5, 5.41) is 1.15. The van der Waals surface area contributed by atoms with Crippen LogP contribution < -0.4 is 9.47 Å². The molecular weight excluding hydrogens is 338 g/mol. The molecule has 0 unspecified atom stereocenters. The Morgan fingerprint density at radius 2 is 1.74 bits per heavy atom. The summed E-state index contributed by atoms with van der Waals surface area (Å²) in [6, 6.07) is 14.9. The Hall–Kier alpha value is -2.59. The van der Waals surface area contributed by atoms with Crippen molar-refractivity contribution < 1.29 is 14.2 Å². The first-order valence-electron chi connectivity index (χ1n) is 9.80. The molecular formula is C23H21NO3. The van der Waals surface area contributed by atoms with Gasteiger partial charge in [-0.25, -0.2) is 0 Å². The Morgan fingerprint density at radius 3 is 2.67 bits per heavy atom. The SMILES string of the molecule is c1cnc2cc([C@@H]3O[C@@H]4CCCC[C@H]4c4cc5c(cc43)OCO5)ccc2c1. The molecule has 2 aliphatic heterocycles. The predicted molar refractivity (Wildman–Crippen MR) is 102 cm³/mol. The van der Waals surface area contributed by atoms with Crippen LogP contribution in [0.1, 0.15) is 54.4 Å². The Labute approximate surface area is 158 Å². The zero-order valence-electron chi connectivity index (χ0n) is 15.1. The number of rotatable bonds is 1. The lowest BCUT2D eigenvalue weighted by Crippen LogP contribution is -2.33. The van der Waals surface area contributed by atoms with Crippen molar-refractivity contribution in [1.29, 1.82) is 0 Å². The molecule has 3 atom stereocenters. The van der Waals surface area contributed by atoms with Crippen molar-refractivity contribution in [3.05, 3.63) is 65.4 Å². The minimum Gasteiger partial charge on any atom is -0.454 e. The molecule has 0 saturated heterocycles. The molecule has 1 aromatic heterocycles. The van der Waals surface area contributed by atoms with Gasteiger partial charge in [-0.15, -0.1) is 0 Å². The molecule has 0 amide bonds. The van der Waals surface area contributed by atoms with Gasteiger partial charge in [0.15, 0.2) is 11.5 Å². The number of ether oxygens (including phenoxy) is 3. The van der Waals surface area contributed by atoms with Crippen molar-refractivity contribution >= 4 is 10.9 Å². The lowest BCUT2D eigenvalue weighted by atomic mass is 9.76. The van der Waals surface area contributed by atoms with Gasteiger partial charge < -0.3 is 14.2 Å². The highest BCUT2D eigenvalue weighted by molar-refractivity contribution is 5.79. The van der Waals surface area contributed by atoms with E-state index in [2.05, 4.69) is 41.4 Å². The molecule has 4 heteroatoms. The van der Waals surface area contributed by atoms with Crippen molar-refractivity contribution in [3.8, 4) is 11.5 Å². The molecule has 4 nitrogen and oxygen atoms in total. The van der Waals surface area contributed by atoms with Crippen molar-refractivity contribution in [3.63, 3.8) is 0 Å². The monoisotopic (exact) mass is 359 g/mol. The van der Waals surface area contributed by atoms with E-state index in [9.17, 15) is 0 Å². The molecule has 3 aromatic rings. The molecule has 0 radical (unpaired) electrons. The standard InChI is InChI=1S/C23H21NO3/c1-2-6-20-16(5-1)17-11-21-22(26-13-25-21)12-18(17)23(27-20)15-8-7-14-4-3-9-24-19(14)10-15/h3-4,7-12,16,20,23H,1-2,5-6,13H2/t16-,20+,23-/m0/s1. The highest BCUT2D eigenvalue weighted by atomic mass is 16.7. The van der Waals surface area contributed by atoms with Crippen LogP contribution in [0.3, 0.4) is 0 Å². The minimum atomic E-state index is -0.0831. The van der Waals surface area contributed by atoms with Crippen molar-refractivity contribution in [2.75, 3.05) is 6.79 Å². The van der Waals surface area contributed by atoms with E-state index in [1.54, 1.807) is 0 Å². The fourth-order valence-corrected chi connectivity index (χ4v) is 4.89. The molecule has 1 aliphatic carbocycles. The van der Waals surface area contributed by atoms with Crippen LogP contribution in [0.15, 0.2) is 48.7 Å². The topological polar surface area (TPSA) is 40.6 Å². The summed E-state index contributed by atoms with van der Waals surface area (Å²) in [7, 11) is 0. The number of hydrogen-bond donors (Lipinski definition) is 0. The van der Waals surface area contributed by atoms with E-state index in [4.69, 9.17) is 14.2 Å². The van der Waals surface area contributed by atoms with Gasteiger partial charge in [0.1, 0.15) is 6.10 Å². The highest BCUT2D eigenvalue weighted by Gasteiger charge is 2.39. The number of fused-ring (bicyclic) bond motifs is 5. The van der Waals surface area contributed by atoms with Gasteiger partial charge >= 0.3 is 0 Å². The van der Waals surface area contributed by atoms with Crippen LogP contribution in [0.5, 0.6) is 11.5 Å². The molecule has 1 fully saturated rings. The second-order valence-electron chi connectivity index (χ2n) is 7.74. The van der Waals surface area contributed by atoms with E-state index in [1.165, 1.54) is 30.4 Å². The Kier molecular flexibility index (Phi) is 3.41. The first-order valence-corrected chi connectivity index (χ1v) is 9.80. The molecule has 3 aliphatic rings. The first kappa shape index (κ1) is 15.5. The van der Waals surface area contributed by atoms with E-state index >= 15 is 0 Å². The van der Waals surface area contributed by atoms with Crippen LogP contribution >= 0.6 is 0 Å². The zero-order valence-corrected chi connectivity index (χ0v) is 15.1. The van der Waals surface area contributed by atoms with Gasteiger partial charge in [0.05, 0.1) is 11.6 Å². The second kappa shape index (κ2) is 5.96. The fourth-order valence-electron chi connectivity index (χ4n) is 4.89. The van der Waals surface area contributed by atoms with Crippen molar-refractivity contribution in [1.82, 2.24) is 4.98 Å². The third-order valence-corrected chi connectivity index (χ3v) is 6.21. The molecule has 0 spiro atoms. The molecule has 3 heterocycles. The van der Waals surface area contributed by atoms with Crippen LogP contribution in [0.25, 0.3) is 10.9 Å². The summed E-state index contributed by atoms with van der Waals surface area (Å²) in [6.45, 7) is 0.303. The Balaban J connectivity index is 1.52. The predicted octanol–water partition coefficient (Wildman–Crippen LogP) is 5.11. The summed E-state index contributed by atoms with van der Waals surface area (Å²) < 4.78 is 18.0. The van der Waals surface area contributed by atoms with Gasteiger partial charge in [-0.05, 0) is 53.8 Å². The van der Waals surface area contributed by atoms with Crippen LogP contribution in [0, 0.1) is 0 Å². The van der Waals surface area contributed by atoms with Gasteiger partial charge in [-0.2, -0.15) is 0 Å². The average Bonchev–Trinajstić information content (AvgIpc) is 3.19. The molecule has 2 aromatic carbocycles. The van der Waals surface area contributed by atoms with E-state index in [1.807, 2.05) is 12.3 Å². The fraction of sp³-hybridized carbons (Fsp3) is 0.348. The summed E-state index contributed by atoms with van der Waals surface area (Å²) in [6.07, 6.45) is 6.85. The van der Waals surface area contributed by atoms with E-state index in [-0.39, 0.29) is 12.2 Å². The maximum absolute atomic E-state index is 6.69. The summed E-state index contributed by atoms with van der Waals surface area (Å²) in [4.78, 5) is 4.53. The van der Waals surface area contributed by atoms with Gasteiger partial charge in [-0.1, -0.05) is 31.0 Å². The quantitative estimate of drug-likeness (QED) is 0.605. The summed E-state index contributed by atoms with van der Waals surface area (Å²) in [5.41, 5.74) is 4.76. The Bertz CT molecular complexity index is 1030. The molecule has 6 rings (SSSR count). The lowest BCUT2D eigenvalue weighted by molar-refractivity contribution is -0.0389. The number of pyridine rings is 1. The minimum absolute atomic E-state index is 0.0831. The Morgan fingerprint density at radius 1 is 0.889 bits per heavy atom. The average molecular weight is 359 g/mol. The smallest absolute Gasteiger partial charge is 0.231 e. The first-order chi connectivity index (χ1) is 13.4. The van der Waals surface area contributed by atoms with E-state index < -0.39 is 0 Å². The third kappa shape index (κ3) is 2.43. The largest absolute Gasteiger partial charge is 0.454 e. The summed E-state index contributed by atoms with van der Waals surface area (Å²) in [5.74, 6) is 2.16.